The van der Waals surface area contributed by atoms with Crippen molar-refractivity contribution in [3.8, 4) is 6.07 Å². The Bertz CT molecular complexity index is 843. The van der Waals surface area contributed by atoms with Crippen molar-refractivity contribution in [2.45, 2.75) is 6.54 Å². The van der Waals surface area contributed by atoms with Crippen molar-refractivity contribution < 1.29 is 0 Å². The number of anilines is 1. The summed E-state index contributed by atoms with van der Waals surface area (Å²) in [5, 5.41) is 14.1. The molecule has 1 N–H and O–H groups in total. The molecule has 0 saturated carbocycles. The number of halogens is 1. The van der Waals surface area contributed by atoms with E-state index in [0.717, 1.165) is 5.69 Å². The first-order valence-electron chi connectivity index (χ1n) is 6.65. The zero-order chi connectivity index (χ0) is 14.8. The molecular formula is C17H14ClN3. The molecule has 3 nitrogen and oxygen atoms in total. The summed E-state index contributed by atoms with van der Waals surface area (Å²) < 4.78 is 2.11. The van der Waals surface area contributed by atoms with Crippen LogP contribution in [-0.2, 0) is 13.6 Å². The third-order valence-electron chi connectivity index (χ3n) is 3.54. The topological polar surface area (TPSA) is 40.8 Å². The molecule has 0 aliphatic rings. The van der Waals surface area contributed by atoms with Gasteiger partial charge in [-0.15, -0.1) is 0 Å². The van der Waals surface area contributed by atoms with Crippen LogP contribution in [-0.4, -0.2) is 4.57 Å². The van der Waals surface area contributed by atoms with Crippen LogP contribution in [0.3, 0.4) is 0 Å². The Morgan fingerprint density at radius 1 is 1.24 bits per heavy atom. The lowest BCUT2D eigenvalue weighted by Crippen LogP contribution is -1.99. The third-order valence-corrected chi connectivity index (χ3v) is 3.87. The zero-order valence-electron chi connectivity index (χ0n) is 11.6. The summed E-state index contributed by atoms with van der Waals surface area (Å²) in [5.41, 5.74) is 3.78. The van der Waals surface area contributed by atoms with Gasteiger partial charge in [0.15, 0.2) is 0 Å². The van der Waals surface area contributed by atoms with Gasteiger partial charge in [0.25, 0.3) is 0 Å². The molecule has 0 atom stereocenters. The Hall–Kier alpha value is -2.44. The van der Waals surface area contributed by atoms with Crippen molar-refractivity contribution in [3.63, 3.8) is 0 Å². The second-order valence-corrected chi connectivity index (χ2v) is 5.35. The Kier molecular flexibility index (Phi) is 3.55. The Labute approximate surface area is 128 Å². The van der Waals surface area contributed by atoms with Gasteiger partial charge in [-0.1, -0.05) is 29.8 Å². The molecule has 0 spiro atoms. The molecule has 0 fully saturated rings. The molecule has 3 rings (SSSR count). The molecule has 21 heavy (non-hydrogen) atoms. The average molecular weight is 296 g/mol. The van der Waals surface area contributed by atoms with Crippen LogP contribution in [0.15, 0.2) is 48.7 Å². The third kappa shape index (κ3) is 2.58. The predicted molar refractivity (Wildman–Crippen MR) is 86.4 cm³/mol. The maximum atomic E-state index is 8.96. The van der Waals surface area contributed by atoms with Crippen LogP contribution >= 0.6 is 11.6 Å². The van der Waals surface area contributed by atoms with Gasteiger partial charge in [0.05, 0.1) is 22.3 Å². The Balaban J connectivity index is 1.89. The number of para-hydroxylation sites is 1. The van der Waals surface area contributed by atoms with E-state index in [9.17, 15) is 0 Å². The van der Waals surface area contributed by atoms with Gasteiger partial charge in [-0.2, -0.15) is 5.26 Å². The second-order valence-electron chi connectivity index (χ2n) is 4.94. The summed E-state index contributed by atoms with van der Waals surface area (Å²) in [7, 11) is 2.04. The molecular weight excluding hydrogens is 282 g/mol. The van der Waals surface area contributed by atoms with E-state index in [1.807, 2.05) is 19.2 Å². The monoisotopic (exact) mass is 295 g/mol. The van der Waals surface area contributed by atoms with Crippen LogP contribution in [0.5, 0.6) is 0 Å². The van der Waals surface area contributed by atoms with Gasteiger partial charge in [0.2, 0.25) is 0 Å². The van der Waals surface area contributed by atoms with Gasteiger partial charge < -0.3 is 9.88 Å². The number of aryl methyl sites for hydroxylation is 1. The summed E-state index contributed by atoms with van der Waals surface area (Å²) in [6, 6.07) is 15.6. The smallest absolute Gasteiger partial charge is 0.0992 e. The van der Waals surface area contributed by atoms with Crippen LogP contribution in [0.1, 0.15) is 11.1 Å². The number of hydrogen-bond donors (Lipinski definition) is 1. The zero-order valence-corrected chi connectivity index (χ0v) is 12.4. The first-order chi connectivity index (χ1) is 10.2. The first-order valence-corrected chi connectivity index (χ1v) is 7.03. The molecule has 104 valence electrons. The number of aromatic nitrogens is 1. The average Bonchev–Trinajstić information content (AvgIpc) is 2.83. The van der Waals surface area contributed by atoms with Crippen molar-refractivity contribution in [1.29, 1.82) is 5.26 Å². The second kappa shape index (κ2) is 5.51. The first kappa shape index (κ1) is 13.5. The van der Waals surface area contributed by atoms with Crippen LogP contribution in [0, 0.1) is 11.3 Å². The molecule has 0 amide bonds. The molecule has 4 heteroatoms. The van der Waals surface area contributed by atoms with E-state index >= 15 is 0 Å². The molecule has 0 bridgehead atoms. The number of fused-ring (bicyclic) bond motifs is 1. The molecule has 0 saturated heterocycles. The minimum absolute atomic E-state index is 0.597. The van der Waals surface area contributed by atoms with E-state index in [4.69, 9.17) is 16.9 Å². The maximum absolute atomic E-state index is 8.96. The number of hydrogen-bond acceptors (Lipinski definition) is 2. The van der Waals surface area contributed by atoms with Gasteiger partial charge in [-0.3, -0.25) is 0 Å². The SMILES string of the molecule is Cn1cc(CNc2cc(C#N)ccc2Cl)c2ccccc21. The quantitative estimate of drug-likeness (QED) is 0.782. The van der Waals surface area contributed by atoms with Crippen molar-refractivity contribution in [3.05, 3.63) is 64.8 Å². The number of nitrogens with one attached hydrogen (secondary N) is 1. The normalized spacial score (nSPS) is 10.5. The Morgan fingerprint density at radius 2 is 2.05 bits per heavy atom. The number of rotatable bonds is 3. The summed E-state index contributed by atoms with van der Waals surface area (Å²) in [4.78, 5) is 0. The van der Waals surface area contributed by atoms with Gasteiger partial charge in [0, 0.05) is 30.7 Å². The van der Waals surface area contributed by atoms with E-state index in [2.05, 4.69) is 34.3 Å². The highest BCUT2D eigenvalue weighted by atomic mass is 35.5. The highest BCUT2D eigenvalue weighted by Crippen LogP contribution is 2.25. The fourth-order valence-electron chi connectivity index (χ4n) is 2.49. The van der Waals surface area contributed by atoms with E-state index in [-0.39, 0.29) is 0 Å². The molecule has 1 heterocycles. The minimum Gasteiger partial charge on any atom is -0.380 e. The number of benzene rings is 2. The van der Waals surface area contributed by atoms with E-state index < -0.39 is 0 Å². The summed E-state index contributed by atoms with van der Waals surface area (Å²) in [6.07, 6.45) is 2.11. The fraction of sp³-hybridized carbons (Fsp3) is 0.118. The fourth-order valence-corrected chi connectivity index (χ4v) is 2.67. The van der Waals surface area contributed by atoms with Gasteiger partial charge in [-0.05, 0) is 29.8 Å². The van der Waals surface area contributed by atoms with Crippen LogP contribution in [0.4, 0.5) is 5.69 Å². The highest BCUT2D eigenvalue weighted by Gasteiger charge is 2.07. The van der Waals surface area contributed by atoms with Crippen LogP contribution in [0.2, 0.25) is 5.02 Å². The van der Waals surface area contributed by atoms with Gasteiger partial charge in [-0.25, -0.2) is 0 Å². The minimum atomic E-state index is 0.597. The molecule has 0 unspecified atom stereocenters. The molecule has 0 aliphatic carbocycles. The standard InChI is InChI=1S/C17H14ClN3/c1-21-11-13(14-4-2-3-5-17(14)21)10-20-16-8-12(9-19)6-7-15(16)18/h2-8,11,20H,10H2,1H3. The largest absolute Gasteiger partial charge is 0.380 e. The highest BCUT2D eigenvalue weighted by molar-refractivity contribution is 6.33. The van der Waals surface area contributed by atoms with Gasteiger partial charge in [0.1, 0.15) is 0 Å². The Morgan fingerprint density at radius 3 is 2.86 bits per heavy atom. The molecule has 3 aromatic rings. The van der Waals surface area contributed by atoms with E-state index in [0.29, 0.717) is 17.1 Å². The van der Waals surface area contributed by atoms with Crippen molar-refractivity contribution in [2.24, 2.45) is 7.05 Å². The molecule has 0 radical (unpaired) electrons. The van der Waals surface area contributed by atoms with E-state index in [1.54, 1.807) is 18.2 Å². The lowest BCUT2D eigenvalue weighted by molar-refractivity contribution is 0.956. The molecule has 1 aromatic heterocycles. The lowest BCUT2D eigenvalue weighted by atomic mass is 10.1. The predicted octanol–water partition coefficient (Wildman–Crippen LogP) is 4.32. The van der Waals surface area contributed by atoms with Crippen LogP contribution in [0.25, 0.3) is 10.9 Å². The van der Waals surface area contributed by atoms with E-state index in [1.165, 1.54) is 16.5 Å². The summed E-state index contributed by atoms with van der Waals surface area (Å²) in [5.74, 6) is 0. The lowest BCUT2D eigenvalue weighted by Gasteiger charge is -2.08. The van der Waals surface area contributed by atoms with Crippen LogP contribution < -0.4 is 5.32 Å². The summed E-state index contributed by atoms with van der Waals surface area (Å²) in [6.45, 7) is 0.663. The molecule has 2 aromatic carbocycles. The number of nitrogens with zero attached hydrogens (tertiary/aromatic N) is 2. The molecule has 0 aliphatic heterocycles. The van der Waals surface area contributed by atoms with Crippen molar-refractivity contribution in [2.75, 3.05) is 5.32 Å². The van der Waals surface area contributed by atoms with Crippen molar-refractivity contribution in [1.82, 2.24) is 4.57 Å². The maximum Gasteiger partial charge on any atom is 0.0992 e. The van der Waals surface area contributed by atoms with Crippen molar-refractivity contribution >= 4 is 28.2 Å². The van der Waals surface area contributed by atoms with Gasteiger partial charge >= 0.3 is 0 Å². The summed E-state index contributed by atoms with van der Waals surface area (Å²) >= 11 is 6.17. The number of nitriles is 1.